The number of benzene rings is 2. The Kier molecular flexibility index (Phi) is 3.93. The van der Waals surface area contributed by atoms with Gasteiger partial charge in [-0.15, -0.1) is 0 Å². The third-order valence-electron chi connectivity index (χ3n) is 2.95. The number of halogens is 3. The fourth-order valence-corrected chi connectivity index (χ4v) is 2.62. The molecule has 3 rings (SSSR count). The lowest BCUT2D eigenvalue weighted by Gasteiger charge is -2.11. The Bertz CT molecular complexity index is 839. The van der Waals surface area contributed by atoms with Gasteiger partial charge in [0, 0.05) is 21.7 Å². The van der Waals surface area contributed by atoms with Crippen LogP contribution in [0.15, 0.2) is 47.1 Å². The Balaban J connectivity index is 2.13. The molecule has 6 heteroatoms. The van der Waals surface area contributed by atoms with Gasteiger partial charge < -0.3 is 10.5 Å². The second-order valence-electron chi connectivity index (χ2n) is 4.36. The largest absolute Gasteiger partial charge is 0.453 e. The summed E-state index contributed by atoms with van der Waals surface area (Å²) in [6, 6.07) is 10.6. The molecule has 1 heterocycles. The maximum Gasteiger partial charge on any atom is 0.153 e. The first-order valence-electron chi connectivity index (χ1n) is 6.02. The molecule has 0 aliphatic rings. The average Bonchev–Trinajstić information content (AvgIpc) is 2.47. The molecule has 0 saturated heterocycles. The van der Waals surface area contributed by atoms with Gasteiger partial charge >= 0.3 is 0 Å². The van der Waals surface area contributed by atoms with Gasteiger partial charge in [0.15, 0.2) is 5.75 Å². The zero-order chi connectivity index (χ0) is 15.0. The van der Waals surface area contributed by atoms with Crippen LogP contribution in [0.3, 0.4) is 0 Å². The van der Waals surface area contributed by atoms with Crippen LogP contribution in [-0.2, 0) is 0 Å². The molecule has 0 atom stereocenters. The lowest BCUT2D eigenvalue weighted by molar-refractivity contribution is 0.487. The zero-order valence-corrected chi connectivity index (χ0v) is 13.7. The van der Waals surface area contributed by atoms with E-state index in [0.29, 0.717) is 32.7 Å². The lowest BCUT2D eigenvalue weighted by Crippen LogP contribution is -1.93. The maximum atomic E-state index is 6.14. The molecule has 0 aliphatic carbocycles. The molecule has 2 aromatic carbocycles. The number of rotatable bonds is 2. The summed E-state index contributed by atoms with van der Waals surface area (Å²) in [7, 11) is 0. The third-order valence-corrected chi connectivity index (χ3v) is 4.18. The minimum absolute atomic E-state index is 0.362. The fraction of sp³-hybridized carbons (Fsp3) is 0. The number of ether oxygens (including phenoxy) is 1. The number of pyridine rings is 1. The van der Waals surface area contributed by atoms with Crippen LogP contribution in [0.1, 0.15) is 0 Å². The van der Waals surface area contributed by atoms with E-state index in [1.807, 2.05) is 6.07 Å². The Hall–Kier alpha value is -1.49. The van der Waals surface area contributed by atoms with Crippen LogP contribution in [0, 0.1) is 0 Å². The van der Waals surface area contributed by atoms with Crippen molar-refractivity contribution >= 4 is 55.7 Å². The highest BCUT2D eigenvalue weighted by molar-refractivity contribution is 9.10. The lowest BCUT2D eigenvalue weighted by atomic mass is 10.1. The third kappa shape index (κ3) is 2.79. The van der Waals surface area contributed by atoms with Crippen molar-refractivity contribution in [2.45, 2.75) is 0 Å². The van der Waals surface area contributed by atoms with Crippen LogP contribution >= 0.6 is 39.1 Å². The highest BCUT2D eigenvalue weighted by Gasteiger charge is 2.11. The van der Waals surface area contributed by atoms with Crippen molar-refractivity contribution in [1.82, 2.24) is 4.98 Å². The molecule has 3 aromatic rings. The number of hydrogen-bond donors (Lipinski definition) is 1. The standard InChI is InChI=1S/C15H9BrCl2N2O/c16-8-6-9-11(19)4-5-13(15(9)20-7-8)21-12-3-1-2-10(17)14(12)18/h1-7H,19H2. The van der Waals surface area contributed by atoms with Crippen molar-refractivity contribution in [3.8, 4) is 11.5 Å². The molecule has 0 spiro atoms. The van der Waals surface area contributed by atoms with Crippen LogP contribution in [0.25, 0.3) is 10.9 Å². The van der Waals surface area contributed by atoms with E-state index in [2.05, 4.69) is 20.9 Å². The Morgan fingerprint density at radius 3 is 2.71 bits per heavy atom. The molecule has 0 radical (unpaired) electrons. The van der Waals surface area contributed by atoms with Gasteiger partial charge in [-0.25, -0.2) is 0 Å². The molecule has 0 amide bonds. The van der Waals surface area contributed by atoms with E-state index in [-0.39, 0.29) is 0 Å². The molecular formula is C15H9BrCl2N2O. The number of nitrogen functional groups attached to an aromatic ring is 1. The first-order chi connectivity index (χ1) is 10.1. The number of nitrogens with two attached hydrogens (primary N) is 1. The highest BCUT2D eigenvalue weighted by atomic mass is 79.9. The van der Waals surface area contributed by atoms with E-state index in [1.165, 1.54) is 0 Å². The van der Waals surface area contributed by atoms with E-state index in [4.69, 9.17) is 33.7 Å². The molecular weight excluding hydrogens is 375 g/mol. The minimum Gasteiger partial charge on any atom is -0.453 e. The summed E-state index contributed by atoms with van der Waals surface area (Å²) in [5.74, 6) is 1.04. The Morgan fingerprint density at radius 1 is 1.10 bits per heavy atom. The quantitative estimate of drug-likeness (QED) is 0.579. The van der Waals surface area contributed by atoms with Crippen LogP contribution in [0.2, 0.25) is 10.0 Å². The summed E-state index contributed by atoms with van der Waals surface area (Å²) in [6.07, 6.45) is 1.69. The zero-order valence-electron chi connectivity index (χ0n) is 10.6. The number of anilines is 1. The van der Waals surface area contributed by atoms with Gasteiger partial charge in [-0.1, -0.05) is 29.3 Å². The molecule has 2 N–H and O–H groups in total. The number of hydrogen-bond acceptors (Lipinski definition) is 3. The molecule has 0 saturated carbocycles. The molecule has 0 unspecified atom stereocenters. The van der Waals surface area contributed by atoms with Gasteiger partial charge in [0.05, 0.1) is 5.02 Å². The first-order valence-corrected chi connectivity index (χ1v) is 7.57. The van der Waals surface area contributed by atoms with Gasteiger partial charge in [-0.3, -0.25) is 4.98 Å². The van der Waals surface area contributed by atoms with Crippen molar-refractivity contribution in [2.24, 2.45) is 0 Å². The number of nitrogens with zero attached hydrogens (tertiary/aromatic N) is 1. The summed E-state index contributed by atoms with van der Waals surface area (Å²) in [5, 5.41) is 1.60. The first kappa shape index (κ1) is 14.4. The predicted molar refractivity (Wildman–Crippen MR) is 90.4 cm³/mol. The van der Waals surface area contributed by atoms with Gasteiger partial charge in [0.1, 0.15) is 16.3 Å². The normalized spacial score (nSPS) is 10.8. The van der Waals surface area contributed by atoms with E-state index in [1.54, 1.807) is 36.5 Å². The van der Waals surface area contributed by atoms with Gasteiger partial charge in [-0.05, 0) is 46.3 Å². The molecule has 3 nitrogen and oxygen atoms in total. The molecule has 1 aromatic heterocycles. The van der Waals surface area contributed by atoms with E-state index >= 15 is 0 Å². The van der Waals surface area contributed by atoms with Crippen LogP contribution in [-0.4, -0.2) is 4.98 Å². The molecule has 106 valence electrons. The molecule has 21 heavy (non-hydrogen) atoms. The van der Waals surface area contributed by atoms with Crippen molar-refractivity contribution in [3.63, 3.8) is 0 Å². The summed E-state index contributed by atoms with van der Waals surface area (Å²) in [4.78, 5) is 4.36. The Labute approximate surface area is 139 Å². The maximum absolute atomic E-state index is 6.14. The number of aromatic nitrogens is 1. The van der Waals surface area contributed by atoms with Gasteiger partial charge in [-0.2, -0.15) is 0 Å². The second kappa shape index (κ2) is 5.72. The molecule has 0 fully saturated rings. The van der Waals surface area contributed by atoms with E-state index in [0.717, 1.165) is 9.86 Å². The smallest absolute Gasteiger partial charge is 0.153 e. The summed E-state index contributed by atoms with van der Waals surface area (Å²) in [5.41, 5.74) is 7.27. The predicted octanol–water partition coefficient (Wildman–Crippen LogP) is 5.68. The van der Waals surface area contributed by atoms with Crippen molar-refractivity contribution in [2.75, 3.05) is 5.73 Å². The van der Waals surface area contributed by atoms with Gasteiger partial charge in [0.2, 0.25) is 0 Å². The van der Waals surface area contributed by atoms with Crippen LogP contribution in [0.4, 0.5) is 5.69 Å². The van der Waals surface area contributed by atoms with Gasteiger partial charge in [0.25, 0.3) is 0 Å². The van der Waals surface area contributed by atoms with Crippen LogP contribution in [0.5, 0.6) is 11.5 Å². The second-order valence-corrected chi connectivity index (χ2v) is 6.06. The summed E-state index contributed by atoms with van der Waals surface area (Å²) in [6.45, 7) is 0. The van der Waals surface area contributed by atoms with Crippen LogP contribution < -0.4 is 10.5 Å². The van der Waals surface area contributed by atoms with Crippen molar-refractivity contribution in [3.05, 3.63) is 57.1 Å². The van der Waals surface area contributed by atoms with Crippen molar-refractivity contribution < 1.29 is 4.74 Å². The van der Waals surface area contributed by atoms with E-state index in [9.17, 15) is 0 Å². The molecule has 0 bridgehead atoms. The highest BCUT2D eigenvalue weighted by Crippen LogP contribution is 2.38. The monoisotopic (exact) mass is 382 g/mol. The molecule has 0 aliphatic heterocycles. The Morgan fingerprint density at radius 2 is 1.90 bits per heavy atom. The minimum atomic E-state index is 0.362. The van der Waals surface area contributed by atoms with Crippen molar-refractivity contribution in [1.29, 1.82) is 0 Å². The topological polar surface area (TPSA) is 48.1 Å². The van der Waals surface area contributed by atoms with E-state index < -0.39 is 0 Å². The summed E-state index contributed by atoms with van der Waals surface area (Å²) >= 11 is 15.5. The number of fused-ring (bicyclic) bond motifs is 1. The summed E-state index contributed by atoms with van der Waals surface area (Å²) < 4.78 is 6.70. The average molecular weight is 384 g/mol. The fourth-order valence-electron chi connectivity index (χ4n) is 1.95. The SMILES string of the molecule is Nc1ccc(Oc2cccc(Cl)c2Cl)c2ncc(Br)cc12.